The summed E-state index contributed by atoms with van der Waals surface area (Å²) in [5.41, 5.74) is 1.20. The Morgan fingerprint density at radius 2 is 1.85 bits per heavy atom. The molecular weight excluding hydrogens is 293 g/mol. The van der Waals surface area contributed by atoms with E-state index in [9.17, 15) is 0 Å². The van der Waals surface area contributed by atoms with Crippen LogP contribution in [0.2, 0.25) is 10.0 Å². The van der Waals surface area contributed by atoms with Gasteiger partial charge in [-0.2, -0.15) is 0 Å². The fraction of sp³-hybridized carbons (Fsp3) is 0.533. The van der Waals surface area contributed by atoms with Crippen LogP contribution in [-0.4, -0.2) is 50.5 Å². The summed E-state index contributed by atoms with van der Waals surface area (Å²) in [5.74, 6) is 2.11. The van der Waals surface area contributed by atoms with Crippen molar-refractivity contribution in [3.8, 4) is 0 Å². The first kappa shape index (κ1) is 15.5. The molecule has 3 nitrogen and oxygen atoms in total. The molecule has 0 bridgehead atoms. The lowest BCUT2D eigenvalue weighted by molar-refractivity contribution is 0.478. The zero-order valence-corrected chi connectivity index (χ0v) is 13.9. The molecule has 0 aliphatic heterocycles. The van der Waals surface area contributed by atoms with Crippen molar-refractivity contribution in [2.24, 2.45) is 10.9 Å². The summed E-state index contributed by atoms with van der Waals surface area (Å²) in [6.45, 7) is 0.843. The highest BCUT2D eigenvalue weighted by Crippen LogP contribution is 2.50. The normalized spacial score (nSPS) is 20.5. The molecule has 1 aromatic rings. The van der Waals surface area contributed by atoms with Gasteiger partial charge in [-0.05, 0) is 36.0 Å². The highest BCUT2D eigenvalue weighted by molar-refractivity contribution is 6.35. The molecule has 20 heavy (non-hydrogen) atoms. The van der Waals surface area contributed by atoms with Crippen LogP contribution in [0.3, 0.4) is 0 Å². The van der Waals surface area contributed by atoms with Gasteiger partial charge in [0.2, 0.25) is 0 Å². The molecule has 1 aliphatic rings. The van der Waals surface area contributed by atoms with E-state index in [0.717, 1.165) is 23.9 Å². The van der Waals surface area contributed by atoms with Crippen LogP contribution in [0.5, 0.6) is 0 Å². The smallest absolute Gasteiger partial charge is 0.195 e. The molecule has 1 aliphatic carbocycles. The third kappa shape index (κ3) is 3.58. The zero-order chi connectivity index (χ0) is 14.9. The molecule has 110 valence electrons. The van der Waals surface area contributed by atoms with Gasteiger partial charge in [0, 0.05) is 44.8 Å². The molecule has 0 unspecified atom stereocenters. The van der Waals surface area contributed by atoms with Gasteiger partial charge in [-0.1, -0.05) is 29.3 Å². The predicted molar refractivity (Wildman–Crippen MR) is 87.0 cm³/mol. The van der Waals surface area contributed by atoms with Gasteiger partial charge in [0.15, 0.2) is 5.96 Å². The second kappa shape index (κ2) is 6.23. The molecule has 2 atom stereocenters. The van der Waals surface area contributed by atoms with Crippen molar-refractivity contribution in [3.05, 3.63) is 33.8 Å². The minimum Gasteiger partial charge on any atom is -0.349 e. The van der Waals surface area contributed by atoms with Crippen molar-refractivity contribution in [3.63, 3.8) is 0 Å². The van der Waals surface area contributed by atoms with E-state index in [1.807, 2.05) is 56.2 Å². The molecule has 0 radical (unpaired) electrons. The first-order chi connectivity index (χ1) is 9.40. The third-order valence-electron chi connectivity index (χ3n) is 3.55. The van der Waals surface area contributed by atoms with Gasteiger partial charge in [0.1, 0.15) is 0 Å². The average Bonchev–Trinajstić information content (AvgIpc) is 3.07. The average molecular weight is 314 g/mol. The van der Waals surface area contributed by atoms with Gasteiger partial charge in [-0.15, -0.1) is 0 Å². The quantitative estimate of drug-likeness (QED) is 0.627. The Labute approximate surface area is 131 Å². The number of aliphatic imine (C=N–C) groups is 1. The van der Waals surface area contributed by atoms with E-state index in [-0.39, 0.29) is 0 Å². The maximum Gasteiger partial charge on any atom is 0.195 e. The molecule has 1 fully saturated rings. The van der Waals surface area contributed by atoms with Gasteiger partial charge in [0.25, 0.3) is 0 Å². The summed E-state index contributed by atoms with van der Waals surface area (Å²) in [5, 5.41) is 1.46. The van der Waals surface area contributed by atoms with Crippen LogP contribution in [-0.2, 0) is 0 Å². The summed E-state index contributed by atoms with van der Waals surface area (Å²) in [7, 11) is 8.05. The minimum absolute atomic E-state index is 0.522. The van der Waals surface area contributed by atoms with Gasteiger partial charge < -0.3 is 9.80 Å². The maximum absolute atomic E-state index is 6.26. The molecule has 2 rings (SSSR count). The van der Waals surface area contributed by atoms with Crippen molar-refractivity contribution in [2.75, 3.05) is 34.7 Å². The van der Waals surface area contributed by atoms with Gasteiger partial charge in [-0.25, -0.2) is 0 Å². The van der Waals surface area contributed by atoms with Crippen molar-refractivity contribution in [2.45, 2.75) is 12.3 Å². The van der Waals surface area contributed by atoms with Crippen molar-refractivity contribution >= 4 is 29.2 Å². The Morgan fingerprint density at radius 1 is 1.20 bits per heavy atom. The van der Waals surface area contributed by atoms with E-state index in [1.165, 1.54) is 5.56 Å². The molecule has 0 amide bonds. The minimum atomic E-state index is 0.522. The number of rotatable bonds is 3. The van der Waals surface area contributed by atoms with Crippen LogP contribution in [0.15, 0.2) is 23.2 Å². The van der Waals surface area contributed by atoms with Crippen LogP contribution in [0.4, 0.5) is 0 Å². The molecule has 0 saturated heterocycles. The molecule has 0 heterocycles. The van der Waals surface area contributed by atoms with Gasteiger partial charge in [-0.3, -0.25) is 4.99 Å². The topological polar surface area (TPSA) is 18.8 Å². The Kier molecular flexibility index (Phi) is 4.82. The molecule has 1 aromatic carbocycles. The van der Waals surface area contributed by atoms with E-state index in [4.69, 9.17) is 28.2 Å². The maximum atomic E-state index is 6.26. The van der Waals surface area contributed by atoms with E-state index < -0.39 is 0 Å². The summed E-state index contributed by atoms with van der Waals surface area (Å²) in [6, 6.07) is 5.77. The fourth-order valence-electron chi connectivity index (χ4n) is 2.51. The Balaban J connectivity index is 2.00. The Hall–Kier alpha value is -0.930. The Bertz CT molecular complexity index is 502. The number of benzene rings is 1. The monoisotopic (exact) mass is 313 g/mol. The van der Waals surface area contributed by atoms with Crippen molar-refractivity contribution < 1.29 is 0 Å². The highest BCUT2D eigenvalue weighted by Gasteiger charge is 2.39. The summed E-state index contributed by atoms with van der Waals surface area (Å²) >= 11 is 12.2. The molecule has 0 N–H and O–H groups in total. The first-order valence-electron chi connectivity index (χ1n) is 6.74. The van der Waals surface area contributed by atoms with Gasteiger partial charge in [0.05, 0.1) is 0 Å². The lowest BCUT2D eigenvalue weighted by atomic mass is 10.1. The number of hydrogen-bond donors (Lipinski definition) is 0. The van der Waals surface area contributed by atoms with E-state index >= 15 is 0 Å². The molecular formula is C15H21Cl2N3. The van der Waals surface area contributed by atoms with E-state index in [0.29, 0.717) is 16.9 Å². The summed E-state index contributed by atoms with van der Waals surface area (Å²) in [6.07, 6.45) is 1.15. The molecule has 0 spiro atoms. The number of halogens is 2. The predicted octanol–water partition coefficient (Wildman–Crippen LogP) is 3.58. The highest BCUT2D eigenvalue weighted by atomic mass is 35.5. The van der Waals surface area contributed by atoms with E-state index in [2.05, 4.69) is 0 Å². The van der Waals surface area contributed by atoms with Crippen LogP contribution >= 0.6 is 23.2 Å². The van der Waals surface area contributed by atoms with Crippen molar-refractivity contribution in [1.82, 2.24) is 9.80 Å². The van der Waals surface area contributed by atoms with E-state index in [1.54, 1.807) is 0 Å². The Morgan fingerprint density at radius 3 is 2.40 bits per heavy atom. The number of nitrogens with zero attached hydrogens (tertiary/aromatic N) is 3. The van der Waals surface area contributed by atoms with Crippen LogP contribution in [0.1, 0.15) is 17.9 Å². The first-order valence-corrected chi connectivity index (χ1v) is 7.49. The van der Waals surface area contributed by atoms with Crippen LogP contribution in [0.25, 0.3) is 0 Å². The molecule has 0 aromatic heterocycles. The lowest BCUT2D eigenvalue weighted by Crippen LogP contribution is -2.35. The second-order valence-electron chi connectivity index (χ2n) is 5.70. The summed E-state index contributed by atoms with van der Waals surface area (Å²) in [4.78, 5) is 8.78. The largest absolute Gasteiger partial charge is 0.349 e. The molecule has 5 heteroatoms. The second-order valence-corrected chi connectivity index (χ2v) is 6.54. The lowest BCUT2D eigenvalue weighted by Gasteiger charge is -2.22. The zero-order valence-electron chi connectivity index (χ0n) is 12.4. The van der Waals surface area contributed by atoms with Crippen LogP contribution in [0, 0.1) is 5.92 Å². The number of hydrogen-bond acceptors (Lipinski definition) is 1. The van der Waals surface area contributed by atoms with Crippen molar-refractivity contribution in [1.29, 1.82) is 0 Å². The number of guanidine groups is 1. The fourth-order valence-corrected chi connectivity index (χ4v) is 3.06. The molecule has 1 saturated carbocycles. The SMILES string of the molecule is CN(C)C(=NC[C@@H]1C[C@H]1c1ccc(Cl)cc1Cl)N(C)C. The summed E-state index contributed by atoms with van der Waals surface area (Å²) < 4.78 is 0. The van der Waals surface area contributed by atoms with Crippen LogP contribution < -0.4 is 0 Å². The standard InChI is InChI=1S/C15H21Cl2N3/c1-19(2)15(20(3)4)18-9-10-7-13(10)12-6-5-11(16)8-14(12)17/h5-6,8,10,13H,7,9H2,1-4H3/t10-,13+/m0/s1. The van der Waals surface area contributed by atoms with Gasteiger partial charge >= 0.3 is 0 Å². The third-order valence-corrected chi connectivity index (χ3v) is 4.11.